The Bertz CT molecular complexity index is 897. The Hall–Kier alpha value is -2.30. The third kappa shape index (κ3) is 2.96. The fraction of sp³-hybridized carbons (Fsp3) is 0. The van der Waals surface area contributed by atoms with Crippen molar-refractivity contribution in [1.29, 1.82) is 0 Å². The van der Waals surface area contributed by atoms with Crippen molar-refractivity contribution in [1.82, 2.24) is 0 Å². The van der Waals surface area contributed by atoms with E-state index >= 15 is 0 Å². The molecule has 1 aromatic heterocycles. The number of anilines is 2. The van der Waals surface area contributed by atoms with Gasteiger partial charge in [-0.25, -0.2) is 0 Å². The SMILES string of the molecule is O=C(/C=C/c1cccs1)c1ccc2c(c1)Nc1ccccc1S2. The van der Waals surface area contributed by atoms with E-state index in [9.17, 15) is 4.79 Å². The zero-order valence-corrected chi connectivity index (χ0v) is 13.8. The third-order valence-corrected chi connectivity index (χ3v) is 5.57. The highest BCUT2D eigenvalue weighted by Gasteiger charge is 2.16. The molecule has 4 rings (SSSR count). The van der Waals surface area contributed by atoms with E-state index in [1.165, 1.54) is 4.90 Å². The second-order valence-electron chi connectivity index (χ2n) is 5.15. The predicted octanol–water partition coefficient (Wildman–Crippen LogP) is 5.85. The molecule has 0 atom stereocenters. The molecule has 0 saturated carbocycles. The Morgan fingerprint density at radius 3 is 2.70 bits per heavy atom. The minimum Gasteiger partial charge on any atom is -0.354 e. The molecule has 0 aliphatic carbocycles. The average molecular weight is 335 g/mol. The largest absolute Gasteiger partial charge is 0.354 e. The lowest BCUT2D eigenvalue weighted by Crippen LogP contribution is -2.02. The summed E-state index contributed by atoms with van der Waals surface area (Å²) in [6.07, 6.45) is 3.50. The molecular weight excluding hydrogens is 322 g/mol. The van der Waals surface area contributed by atoms with Crippen molar-refractivity contribution in [3.63, 3.8) is 0 Å². The molecule has 1 aliphatic rings. The molecule has 1 aliphatic heterocycles. The first-order valence-corrected chi connectivity index (χ1v) is 8.93. The van der Waals surface area contributed by atoms with Crippen molar-refractivity contribution in [3.8, 4) is 0 Å². The lowest BCUT2D eigenvalue weighted by atomic mass is 10.1. The fourth-order valence-corrected chi connectivity index (χ4v) is 4.02. The number of carbonyl (C=O) groups is 1. The van der Waals surface area contributed by atoms with Gasteiger partial charge in [0.25, 0.3) is 0 Å². The third-order valence-electron chi connectivity index (χ3n) is 3.58. The summed E-state index contributed by atoms with van der Waals surface area (Å²) in [5, 5.41) is 5.41. The monoisotopic (exact) mass is 335 g/mol. The number of thiophene rings is 1. The van der Waals surface area contributed by atoms with Crippen LogP contribution in [-0.2, 0) is 0 Å². The van der Waals surface area contributed by atoms with Crippen LogP contribution >= 0.6 is 23.1 Å². The van der Waals surface area contributed by atoms with Crippen molar-refractivity contribution in [3.05, 3.63) is 76.5 Å². The normalized spacial score (nSPS) is 12.5. The van der Waals surface area contributed by atoms with E-state index in [0.29, 0.717) is 5.56 Å². The van der Waals surface area contributed by atoms with Gasteiger partial charge in [0.2, 0.25) is 0 Å². The molecule has 2 heterocycles. The van der Waals surface area contributed by atoms with E-state index in [2.05, 4.69) is 17.4 Å². The molecular formula is C19H13NOS2. The Kier molecular flexibility index (Phi) is 3.77. The Labute approximate surface area is 142 Å². The van der Waals surface area contributed by atoms with Gasteiger partial charge in [0, 0.05) is 20.2 Å². The molecule has 0 unspecified atom stereocenters. The first kappa shape index (κ1) is 14.3. The molecule has 1 N–H and O–H groups in total. The van der Waals surface area contributed by atoms with Crippen LogP contribution in [0, 0.1) is 0 Å². The van der Waals surface area contributed by atoms with Crippen molar-refractivity contribution < 1.29 is 4.79 Å². The molecule has 112 valence electrons. The summed E-state index contributed by atoms with van der Waals surface area (Å²) >= 11 is 3.34. The molecule has 3 aromatic rings. The maximum absolute atomic E-state index is 12.4. The smallest absolute Gasteiger partial charge is 0.185 e. The van der Waals surface area contributed by atoms with Gasteiger partial charge >= 0.3 is 0 Å². The Morgan fingerprint density at radius 1 is 0.957 bits per heavy atom. The minimum atomic E-state index is 0.0202. The summed E-state index contributed by atoms with van der Waals surface area (Å²) in [4.78, 5) is 15.8. The maximum Gasteiger partial charge on any atom is 0.185 e. The number of fused-ring (bicyclic) bond motifs is 2. The van der Waals surface area contributed by atoms with E-state index < -0.39 is 0 Å². The van der Waals surface area contributed by atoms with Gasteiger partial charge in [0.15, 0.2) is 5.78 Å². The second-order valence-corrected chi connectivity index (χ2v) is 7.21. The quantitative estimate of drug-likeness (QED) is 0.376. The van der Waals surface area contributed by atoms with Gasteiger partial charge in [-0.05, 0) is 53.9 Å². The molecule has 23 heavy (non-hydrogen) atoms. The second kappa shape index (κ2) is 6.07. The highest BCUT2D eigenvalue weighted by Crippen LogP contribution is 2.44. The molecule has 0 bridgehead atoms. The number of ketones is 1. The summed E-state index contributed by atoms with van der Waals surface area (Å²) in [5.41, 5.74) is 2.77. The molecule has 0 fully saturated rings. The number of nitrogens with one attached hydrogen (secondary N) is 1. The first-order chi connectivity index (χ1) is 11.3. The predicted molar refractivity (Wildman–Crippen MR) is 98.0 cm³/mol. The highest BCUT2D eigenvalue weighted by atomic mass is 32.2. The zero-order chi connectivity index (χ0) is 15.6. The number of para-hydroxylation sites is 1. The van der Waals surface area contributed by atoms with E-state index in [1.807, 2.05) is 53.9 Å². The van der Waals surface area contributed by atoms with Crippen LogP contribution in [0.3, 0.4) is 0 Å². The van der Waals surface area contributed by atoms with Crippen LogP contribution in [0.4, 0.5) is 11.4 Å². The van der Waals surface area contributed by atoms with Gasteiger partial charge < -0.3 is 5.32 Å². The van der Waals surface area contributed by atoms with E-state index in [0.717, 1.165) is 21.1 Å². The topological polar surface area (TPSA) is 29.1 Å². The van der Waals surface area contributed by atoms with E-state index in [-0.39, 0.29) is 5.78 Å². The Morgan fingerprint density at radius 2 is 1.83 bits per heavy atom. The van der Waals surface area contributed by atoms with Crippen molar-refractivity contribution >= 4 is 46.3 Å². The number of hydrogen-bond acceptors (Lipinski definition) is 4. The number of benzene rings is 2. The highest BCUT2D eigenvalue weighted by molar-refractivity contribution is 7.99. The van der Waals surface area contributed by atoms with Crippen LogP contribution in [0.15, 0.2) is 75.8 Å². The summed E-state index contributed by atoms with van der Waals surface area (Å²) in [7, 11) is 0. The average Bonchev–Trinajstić information content (AvgIpc) is 3.11. The van der Waals surface area contributed by atoms with Gasteiger partial charge in [0.05, 0.1) is 11.4 Å². The number of hydrogen-bond donors (Lipinski definition) is 1. The standard InChI is InChI=1S/C19H13NOS2/c21-17(9-8-14-4-3-11-22-14)13-7-10-19-16(12-13)20-15-5-1-2-6-18(15)23-19/h1-12,20H/b9-8+. The van der Waals surface area contributed by atoms with Gasteiger partial charge in [-0.3, -0.25) is 4.79 Å². The van der Waals surface area contributed by atoms with Crippen LogP contribution in [0.25, 0.3) is 6.08 Å². The van der Waals surface area contributed by atoms with Crippen LogP contribution in [0.2, 0.25) is 0 Å². The summed E-state index contributed by atoms with van der Waals surface area (Å²) in [6, 6.07) is 18.0. The summed E-state index contributed by atoms with van der Waals surface area (Å²) < 4.78 is 0. The van der Waals surface area contributed by atoms with Crippen LogP contribution in [-0.4, -0.2) is 5.78 Å². The van der Waals surface area contributed by atoms with Crippen molar-refractivity contribution in [2.24, 2.45) is 0 Å². The number of rotatable bonds is 3. The van der Waals surface area contributed by atoms with Gasteiger partial charge in [-0.15, -0.1) is 11.3 Å². The van der Waals surface area contributed by atoms with Crippen LogP contribution in [0.1, 0.15) is 15.2 Å². The van der Waals surface area contributed by atoms with Crippen molar-refractivity contribution in [2.75, 3.05) is 5.32 Å². The van der Waals surface area contributed by atoms with E-state index in [4.69, 9.17) is 0 Å². The molecule has 2 aromatic carbocycles. The number of carbonyl (C=O) groups excluding carboxylic acids is 1. The van der Waals surface area contributed by atoms with Gasteiger partial charge in [0.1, 0.15) is 0 Å². The van der Waals surface area contributed by atoms with Gasteiger partial charge in [-0.1, -0.05) is 30.0 Å². The molecule has 0 amide bonds. The van der Waals surface area contributed by atoms with Gasteiger partial charge in [-0.2, -0.15) is 0 Å². The summed E-state index contributed by atoms with van der Waals surface area (Å²) in [5.74, 6) is 0.0202. The van der Waals surface area contributed by atoms with Crippen LogP contribution in [0.5, 0.6) is 0 Å². The van der Waals surface area contributed by atoms with E-state index in [1.54, 1.807) is 29.2 Å². The zero-order valence-electron chi connectivity index (χ0n) is 12.2. The lowest BCUT2D eigenvalue weighted by molar-refractivity contribution is 0.104. The maximum atomic E-state index is 12.4. The molecule has 0 radical (unpaired) electrons. The minimum absolute atomic E-state index is 0.0202. The van der Waals surface area contributed by atoms with Crippen molar-refractivity contribution in [2.45, 2.75) is 9.79 Å². The fourth-order valence-electron chi connectivity index (χ4n) is 2.43. The Balaban J connectivity index is 1.60. The molecule has 2 nitrogen and oxygen atoms in total. The summed E-state index contributed by atoms with van der Waals surface area (Å²) in [6.45, 7) is 0. The lowest BCUT2D eigenvalue weighted by Gasteiger charge is -2.20. The number of allylic oxidation sites excluding steroid dienone is 1. The molecule has 0 spiro atoms. The molecule has 0 saturated heterocycles. The molecule has 4 heteroatoms. The van der Waals surface area contributed by atoms with Crippen LogP contribution < -0.4 is 5.32 Å². The first-order valence-electron chi connectivity index (χ1n) is 7.23.